The molecule has 0 spiro atoms. The zero-order valence-electron chi connectivity index (χ0n) is 16.7. The number of hydrogen-bond donors (Lipinski definition) is 2. The van der Waals surface area contributed by atoms with Crippen LogP contribution in [0.3, 0.4) is 0 Å². The zero-order valence-corrected chi connectivity index (χ0v) is 18.3. The fraction of sp³-hybridized carbons (Fsp3) is 0.250. The smallest absolute Gasteiger partial charge is 0.244 e. The predicted octanol–water partition coefficient (Wildman–Crippen LogP) is 2.89. The molecule has 12 heteroatoms. The molecule has 32 heavy (non-hydrogen) atoms. The maximum Gasteiger partial charge on any atom is 0.244 e. The SMILES string of the molecule is Nc1nc(NC2CCN(S(=O)(=O)c3cccnc3)CC2)sc1C(=O)c1c(F)cccc1F. The Kier molecular flexibility index (Phi) is 6.17. The number of carbonyl (C=O) groups excluding carboxylic acids is 1. The van der Waals surface area contributed by atoms with Crippen molar-refractivity contribution < 1.29 is 22.0 Å². The van der Waals surface area contributed by atoms with Crippen molar-refractivity contribution in [1.29, 1.82) is 0 Å². The van der Waals surface area contributed by atoms with Crippen LogP contribution in [0.2, 0.25) is 0 Å². The third-order valence-corrected chi connectivity index (χ3v) is 7.99. The van der Waals surface area contributed by atoms with Gasteiger partial charge in [-0.1, -0.05) is 17.4 Å². The second kappa shape index (κ2) is 8.88. The lowest BCUT2D eigenvalue weighted by Gasteiger charge is -2.31. The molecule has 1 aliphatic heterocycles. The molecule has 0 radical (unpaired) electrons. The summed E-state index contributed by atoms with van der Waals surface area (Å²) in [6, 6.07) is 6.14. The largest absolute Gasteiger partial charge is 0.382 e. The van der Waals surface area contributed by atoms with Crippen LogP contribution in [0, 0.1) is 11.6 Å². The van der Waals surface area contributed by atoms with Gasteiger partial charge in [0.25, 0.3) is 0 Å². The Labute approximate surface area is 187 Å². The molecule has 0 amide bonds. The first kappa shape index (κ1) is 22.2. The van der Waals surface area contributed by atoms with Crippen LogP contribution in [-0.2, 0) is 10.0 Å². The van der Waals surface area contributed by atoms with Crippen LogP contribution >= 0.6 is 11.3 Å². The van der Waals surface area contributed by atoms with Crippen molar-refractivity contribution in [1.82, 2.24) is 14.3 Å². The molecule has 0 bridgehead atoms. The molecule has 4 rings (SSSR count). The summed E-state index contributed by atoms with van der Waals surface area (Å²) in [5.74, 6) is -2.94. The monoisotopic (exact) mass is 479 g/mol. The minimum Gasteiger partial charge on any atom is -0.382 e. The number of ketones is 1. The van der Waals surface area contributed by atoms with Gasteiger partial charge in [-0.15, -0.1) is 0 Å². The first-order valence-corrected chi connectivity index (χ1v) is 11.9. The summed E-state index contributed by atoms with van der Waals surface area (Å²) in [5.41, 5.74) is 5.15. The zero-order chi connectivity index (χ0) is 22.9. The highest BCUT2D eigenvalue weighted by molar-refractivity contribution is 7.89. The van der Waals surface area contributed by atoms with Crippen LogP contribution in [0.4, 0.5) is 19.7 Å². The molecule has 1 saturated heterocycles. The lowest BCUT2D eigenvalue weighted by atomic mass is 10.1. The number of sulfonamides is 1. The fourth-order valence-electron chi connectivity index (χ4n) is 3.45. The molecule has 168 valence electrons. The molecule has 3 aromatic rings. The van der Waals surface area contributed by atoms with Gasteiger partial charge >= 0.3 is 0 Å². The van der Waals surface area contributed by atoms with Crippen LogP contribution in [0.5, 0.6) is 0 Å². The van der Waals surface area contributed by atoms with Gasteiger partial charge < -0.3 is 11.1 Å². The minimum atomic E-state index is -3.62. The summed E-state index contributed by atoms with van der Waals surface area (Å²) in [7, 11) is -3.62. The molecule has 1 fully saturated rings. The van der Waals surface area contributed by atoms with E-state index in [9.17, 15) is 22.0 Å². The number of rotatable bonds is 6. The molecule has 2 aromatic heterocycles. The highest BCUT2D eigenvalue weighted by atomic mass is 32.2. The highest BCUT2D eigenvalue weighted by Gasteiger charge is 2.30. The topological polar surface area (TPSA) is 118 Å². The Morgan fingerprint density at radius 3 is 2.47 bits per heavy atom. The Hall–Kier alpha value is -2.96. The maximum atomic E-state index is 14.0. The van der Waals surface area contributed by atoms with Gasteiger partial charge in [0.1, 0.15) is 27.2 Å². The molecule has 0 saturated carbocycles. The number of benzene rings is 1. The number of thiazole rings is 1. The summed E-state index contributed by atoms with van der Waals surface area (Å²) in [4.78, 5) is 20.7. The highest BCUT2D eigenvalue weighted by Crippen LogP contribution is 2.31. The third kappa shape index (κ3) is 4.33. The number of aromatic nitrogens is 2. The van der Waals surface area contributed by atoms with Crippen LogP contribution in [0.15, 0.2) is 47.6 Å². The molecular formula is C20H19F2N5O3S2. The molecule has 3 N–H and O–H groups in total. The number of pyridine rings is 1. The van der Waals surface area contributed by atoms with E-state index in [-0.39, 0.29) is 21.6 Å². The van der Waals surface area contributed by atoms with E-state index in [0.29, 0.717) is 31.1 Å². The van der Waals surface area contributed by atoms with Crippen molar-refractivity contribution in [3.8, 4) is 0 Å². The number of halogens is 2. The summed E-state index contributed by atoms with van der Waals surface area (Å²) in [6.45, 7) is 0.587. The van der Waals surface area contributed by atoms with E-state index >= 15 is 0 Å². The molecule has 1 aliphatic rings. The Morgan fingerprint density at radius 2 is 1.84 bits per heavy atom. The number of nitrogens with zero attached hydrogens (tertiary/aromatic N) is 3. The Balaban J connectivity index is 1.43. The van der Waals surface area contributed by atoms with E-state index in [1.54, 1.807) is 6.07 Å². The van der Waals surface area contributed by atoms with Gasteiger partial charge in [0.05, 0.1) is 5.56 Å². The van der Waals surface area contributed by atoms with Crippen molar-refractivity contribution in [2.24, 2.45) is 0 Å². The van der Waals surface area contributed by atoms with Crippen molar-refractivity contribution in [2.75, 3.05) is 24.1 Å². The second-order valence-electron chi connectivity index (χ2n) is 7.17. The first-order valence-electron chi connectivity index (χ1n) is 9.69. The van der Waals surface area contributed by atoms with E-state index in [2.05, 4.69) is 15.3 Å². The molecular weight excluding hydrogens is 460 g/mol. The van der Waals surface area contributed by atoms with Crippen molar-refractivity contribution in [3.05, 3.63) is 64.8 Å². The minimum absolute atomic E-state index is 0.0620. The number of piperidine rings is 1. The first-order chi connectivity index (χ1) is 15.3. The van der Waals surface area contributed by atoms with Crippen LogP contribution in [0.1, 0.15) is 28.1 Å². The number of nitrogens with one attached hydrogen (secondary N) is 1. The van der Waals surface area contributed by atoms with Crippen molar-refractivity contribution in [3.63, 3.8) is 0 Å². The lowest BCUT2D eigenvalue weighted by Crippen LogP contribution is -2.42. The van der Waals surface area contributed by atoms with Crippen molar-refractivity contribution >= 4 is 38.1 Å². The van der Waals surface area contributed by atoms with Gasteiger partial charge in [0.15, 0.2) is 5.13 Å². The van der Waals surface area contributed by atoms with E-state index in [0.717, 1.165) is 23.5 Å². The predicted molar refractivity (Wildman–Crippen MR) is 116 cm³/mol. The number of anilines is 2. The quantitative estimate of drug-likeness (QED) is 0.522. The van der Waals surface area contributed by atoms with Crippen LogP contribution < -0.4 is 11.1 Å². The molecule has 0 aliphatic carbocycles. The second-order valence-corrected chi connectivity index (χ2v) is 10.1. The standard InChI is InChI=1S/C20H19F2N5O3S2/c21-14-4-1-5-15(22)16(14)17(28)18-19(23)26-20(31-18)25-12-6-9-27(10-7-12)32(29,30)13-3-2-8-24-11-13/h1-5,8,11-12H,6-7,9-10,23H2,(H,25,26). The Bertz CT molecular complexity index is 1220. The van der Waals surface area contributed by atoms with E-state index in [1.807, 2.05) is 0 Å². The van der Waals surface area contributed by atoms with Gasteiger partial charge in [-0.3, -0.25) is 9.78 Å². The average molecular weight is 480 g/mol. The van der Waals surface area contributed by atoms with Gasteiger partial charge in [-0.05, 0) is 37.1 Å². The molecule has 8 nitrogen and oxygen atoms in total. The lowest BCUT2D eigenvalue weighted by molar-refractivity contribution is 0.103. The van der Waals surface area contributed by atoms with E-state index in [4.69, 9.17) is 5.73 Å². The molecule has 3 heterocycles. The average Bonchev–Trinajstić information content (AvgIpc) is 3.14. The van der Waals surface area contributed by atoms with E-state index < -0.39 is 33.0 Å². The summed E-state index contributed by atoms with van der Waals surface area (Å²) >= 11 is 0.906. The number of hydrogen-bond acceptors (Lipinski definition) is 8. The van der Waals surface area contributed by atoms with Gasteiger partial charge in [-0.2, -0.15) is 4.31 Å². The van der Waals surface area contributed by atoms with E-state index in [1.165, 1.54) is 28.8 Å². The van der Waals surface area contributed by atoms with Crippen molar-refractivity contribution in [2.45, 2.75) is 23.8 Å². The van der Waals surface area contributed by atoms with Gasteiger partial charge in [0.2, 0.25) is 15.8 Å². The van der Waals surface area contributed by atoms with Crippen LogP contribution in [0.25, 0.3) is 0 Å². The normalized spacial score (nSPS) is 15.6. The maximum absolute atomic E-state index is 14.0. The van der Waals surface area contributed by atoms with Crippen LogP contribution in [-0.4, -0.2) is 47.6 Å². The van der Waals surface area contributed by atoms with Gasteiger partial charge in [-0.25, -0.2) is 22.2 Å². The number of carbonyl (C=O) groups is 1. The molecule has 0 atom stereocenters. The summed E-state index contributed by atoms with van der Waals surface area (Å²) in [5, 5.41) is 3.47. The summed E-state index contributed by atoms with van der Waals surface area (Å²) in [6.07, 6.45) is 3.83. The van der Waals surface area contributed by atoms with Gasteiger partial charge in [0, 0.05) is 31.5 Å². The number of nitrogen functional groups attached to an aromatic ring is 1. The molecule has 0 unspecified atom stereocenters. The molecule has 1 aromatic carbocycles. The summed E-state index contributed by atoms with van der Waals surface area (Å²) < 4.78 is 54.7. The fourth-order valence-corrected chi connectivity index (χ4v) is 5.79. The Morgan fingerprint density at radius 1 is 1.16 bits per heavy atom. The third-order valence-electron chi connectivity index (χ3n) is 5.10. The number of nitrogens with two attached hydrogens (primary N) is 1.